The fourth-order valence-electron chi connectivity index (χ4n) is 1.31. The second-order valence-corrected chi connectivity index (χ2v) is 3.07. The molecule has 2 rings (SSSR count). The number of rotatable bonds is 2. The number of amidine groups is 1. The maximum absolute atomic E-state index is 4.47. The number of aliphatic imine (C=N–C) groups is 2. The number of nitrogens with zero attached hydrogens (tertiary/aromatic N) is 2. The summed E-state index contributed by atoms with van der Waals surface area (Å²) in [5, 5.41) is 0. The Balaban J connectivity index is 2.25. The van der Waals surface area contributed by atoms with Crippen LogP contribution >= 0.6 is 0 Å². The summed E-state index contributed by atoms with van der Waals surface area (Å²) < 4.78 is 0. The molecule has 1 aliphatic heterocycles. The van der Waals surface area contributed by atoms with Crippen LogP contribution in [-0.2, 0) is 0 Å². The van der Waals surface area contributed by atoms with Gasteiger partial charge < -0.3 is 0 Å². The Kier molecular flexibility index (Phi) is 2.21. The predicted molar refractivity (Wildman–Crippen MR) is 55.6 cm³/mol. The van der Waals surface area contributed by atoms with E-state index in [0.717, 1.165) is 17.8 Å². The molecule has 0 spiro atoms. The largest absolute Gasteiger partial charge is 0.257 e. The molecular weight excluding hydrogens is 160 g/mol. The molecule has 1 heterocycles. The van der Waals surface area contributed by atoms with E-state index in [2.05, 4.69) is 16.9 Å². The lowest BCUT2D eigenvalue weighted by Gasteiger charge is -1.97. The van der Waals surface area contributed by atoms with E-state index < -0.39 is 0 Å². The third kappa shape index (κ3) is 1.66. The molecule has 1 aliphatic rings. The topological polar surface area (TPSA) is 24.7 Å². The van der Waals surface area contributed by atoms with Crippen LogP contribution in [0.5, 0.6) is 0 Å². The Labute approximate surface area is 78.0 Å². The van der Waals surface area contributed by atoms with Gasteiger partial charge in [-0.3, -0.25) is 4.99 Å². The number of benzene rings is 1. The van der Waals surface area contributed by atoms with Gasteiger partial charge in [-0.15, -0.1) is 0 Å². The maximum Gasteiger partial charge on any atom is 0.154 e. The molecule has 2 nitrogen and oxygen atoms in total. The highest BCUT2D eigenvalue weighted by Crippen LogP contribution is 2.10. The molecule has 0 aliphatic carbocycles. The van der Waals surface area contributed by atoms with Crippen LogP contribution in [-0.4, -0.2) is 18.1 Å². The monoisotopic (exact) mass is 172 g/mol. The van der Waals surface area contributed by atoms with Gasteiger partial charge in [-0.05, 0) is 6.42 Å². The number of hydrogen-bond donors (Lipinski definition) is 0. The van der Waals surface area contributed by atoms with Crippen LogP contribution in [0.2, 0.25) is 0 Å². The van der Waals surface area contributed by atoms with Gasteiger partial charge in [0.15, 0.2) is 5.84 Å². The van der Waals surface area contributed by atoms with Crippen LogP contribution in [0.3, 0.4) is 0 Å². The molecule has 0 fully saturated rings. The van der Waals surface area contributed by atoms with E-state index in [-0.39, 0.29) is 6.04 Å². The average Bonchev–Trinajstić information content (AvgIpc) is 2.67. The predicted octanol–water partition coefficient (Wildman–Crippen LogP) is 2.30. The maximum atomic E-state index is 4.47. The summed E-state index contributed by atoms with van der Waals surface area (Å²) >= 11 is 0. The molecule has 0 bridgehead atoms. The van der Waals surface area contributed by atoms with Crippen molar-refractivity contribution in [2.75, 3.05) is 0 Å². The molecule has 1 unspecified atom stereocenters. The fourth-order valence-corrected chi connectivity index (χ4v) is 1.31. The van der Waals surface area contributed by atoms with E-state index in [4.69, 9.17) is 0 Å². The van der Waals surface area contributed by atoms with Crippen molar-refractivity contribution < 1.29 is 0 Å². The van der Waals surface area contributed by atoms with Crippen LogP contribution < -0.4 is 0 Å². The summed E-state index contributed by atoms with van der Waals surface area (Å²) in [6.45, 7) is 2.12. The third-order valence-electron chi connectivity index (χ3n) is 2.11. The standard InChI is InChI=1S/C11H12N2/c1-2-10-8-12-11(13-10)9-6-4-3-5-7-9/h3-8,10H,2H2,1H3. The lowest BCUT2D eigenvalue weighted by molar-refractivity contribution is 0.848. The second-order valence-electron chi connectivity index (χ2n) is 3.07. The first kappa shape index (κ1) is 8.17. The van der Waals surface area contributed by atoms with Gasteiger partial charge in [-0.1, -0.05) is 37.3 Å². The quantitative estimate of drug-likeness (QED) is 0.654. The van der Waals surface area contributed by atoms with E-state index >= 15 is 0 Å². The van der Waals surface area contributed by atoms with Crippen molar-refractivity contribution >= 4 is 12.1 Å². The van der Waals surface area contributed by atoms with Crippen molar-refractivity contribution in [3.63, 3.8) is 0 Å². The average molecular weight is 172 g/mol. The zero-order valence-corrected chi connectivity index (χ0v) is 7.64. The number of hydrogen-bond acceptors (Lipinski definition) is 2. The van der Waals surface area contributed by atoms with E-state index in [1.54, 1.807) is 0 Å². The lowest BCUT2D eigenvalue weighted by Crippen LogP contribution is -1.99. The van der Waals surface area contributed by atoms with E-state index in [0.29, 0.717) is 0 Å². The van der Waals surface area contributed by atoms with Crippen molar-refractivity contribution in [3.8, 4) is 0 Å². The molecule has 1 atom stereocenters. The Morgan fingerprint density at radius 3 is 2.62 bits per heavy atom. The Morgan fingerprint density at radius 1 is 1.23 bits per heavy atom. The smallest absolute Gasteiger partial charge is 0.154 e. The summed E-state index contributed by atoms with van der Waals surface area (Å²) in [5.41, 5.74) is 1.11. The highest BCUT2D eigenvalue weighted by Gasteiger charge is 2.10. The molecular formula is C11H12N2. The summed E-state index contributed by atoms with van der Waals surface area (Å²) in [6.07, 6.45) is 2.95. The molecule has 1 aromatic rings. The summed E-state index contributed by atoms with van der Waals surface area (Å²) in [7, 11) is 0. The lowest BCUT2D eigenvalue weighted by atomic mass is 10.2. The highest BCUT2D eigenvalue weighted by molar-refractivity contribution is 6.06. The van der Waals surface area contributed by atoms with E-state index in [1.165, 1.54) is 0 Å². The molecule has 0 amide bonds. The molecule has 13 heavy (non-hydrogen) atoms. The molecule has 0 radical (unpaired) electrons. The van der Waals surface area contributed by atoms with Crippen LogP contribution in [0.1, 0.15) is 18.9 Å². The van der Waals surface area contributed by atoms with Crippen molar-refractivity contribution in [1.29, 1.82) is 0 Å². The molecule has 1 aromatic carbocycles. The van der Waals surface area contributed by atoms with Gasteiger partial charge in [0, 0.05) is 11.8 Å². The SMILES string of the molecule is CCC1C=NC(c2ccccc2)=N1. The van der Waals surface area contributed by atoms with Gasteiger partial charge in [0.25, 0.3) is 0 Å². The highest BCUT2D eigenvalue weighted by atomic mass is 15.0. The van der Waals surface area contributed by atoms with Crippen LogP contribution in [0.15, 0.2) is 40.3 Å². The normalized spacial score (nSPS) is 20.4. The summed E-state index contributed by atoms with van der Waals surface area (Å²) in [6, 6.07) is 10.4. The molecule has 2 heteroatoms. The molecule has 0 saturated carbocycles. The van der Waals surface area contributed by atoms with Gasteiger partial charge in [0.2, 0.25) is 0 Å². The van der Waals surface area contributed by atoms with Crippen molar-refractivity contribution in [2.45, 2.75) is 19.4 Å². The molecule has 0 N–H and O–H groups in total. The van der Waals surface area contributed by atoms with E-state index in [9.17, 15) is 0 Å². The van der Waals surface area contributed by atoms with Gasteiger partial charge >= 0.3 is 0 Å². The zero-order valence-electron chi connectivity index (χ0n) is 7.64. The van der Waals surface area contributed by atoms with Gasteiger partial charge in [0.05, 0.1) is 6.04 Å². The van der Waals surface area contributed by atoms with Crippen LogP contribution in [0.4, 0.5) is 0 Å². The van der Waals surface area contributed by atoms with Crippen LogP contribution in [0.25, 0.3) is 0 Å². The van der Waals surface area contributed by atoms with Crippen molar-refractivity contribution in [3.05, 3.63) is 35.9 Å². The Morgan fingerprint density at radius 2 is 2.00 bits per heavy atom. The van der Waals surface area contributed by atoms with Gasteiger partial charge in [-0.25, -0.2) is 4.99 Å². The zero-order chi connectivity index (χ0) is 9.10. The van der Waals surface area contributed by atoms with Gasteiger partial charge in [-0.2, -0.15) is 0 Å². The summed E-state index contributed by atoms with van der Waals surface area (Å²) in [5.74, 6) is 0.868. The molecule has 0 aromatic heterocycles. The Hall–Kier alpha value is -1.44. The van der Waals surface area contributed by atoms with E-state index in [1.807, 2.05) is 36.5 Å². The van der Waals surface area contributed by atoms with Crippen molar-refractivity contribution in [1.82, 2.24) is 0 Å². The third-order valence-corrected chi connectivity index (χ3v) is 2.11. The molecule has 66 valence electrons. The Bertz CT molecular complexity index is 338. The first-order chi connectivity index (χ1) is 6.40. The second kappa shape index (κ2) is 3.52. The minimum atomic E-state index is 0.287. The van der Waals surface area contributed by atoms with Crippen LogP contribution in [0, 0.1) is 0 Å². The minimum Gasteiger partial charge on any atom is -0.257 e. The molecule has 0 saturated heterocycles. The van der Waals surface area contributed by atoms with Crippen molar-refractivity contribution in [2.24, 2.45) is 9.98 Å². The first-order valence-electron chi connectivity index (χ1n) is 4.57. The minimum absolute atomic E-state index is 0.287. The first-order valence-corrected chi connectivity index (χ1v) is 4.57. The fraction of sp³-hybridized carbons (Fsp3) is 0.273. The summed E-state index contributed by atoms with van der Waals surface area (Å²) in [4.78, 5) is 8.75. The van der Waals surface area contributed by atoms with Gasteiger partial charge in [0.1, 0.15) is 0 Å².